The van der Waals surface area contributed by atoms with E-state index in [4.69, 9.17) is 27.1 Å². The molecule has 4 heterocycles. The molecule has 1 amide bonds. The van der Waals surface area contributed by atoms with Gasteiger partial charge < -0.3 is 15.8 Å². The highest BCUT2D eigenvalue weighted by Gasteiger charge is 2.56. The number of fused-ring (bicyclic) bond motifs is 4. The predicted octanol–water partition coefficient (Wildman–Crippen LogP) is 5.65. The molecule has 3 N–H and O–H groups in total. The third-order valence-corrected chi connectivity index (χ3v) is 12.7. The molecule has 3 aliphatic rings. The number of pyridine rings is 1. The molecule has 2 aromatic carbocycles. The summed E-state index contributed by atoms with van der Waals surface area (Å²) >= 11 is 7.27. The lowest BCUT2D eigenvalue weighted by Crippen LogP contribution is -2.37. The summed E-state index contributed by atoms with van der Waals surface area (Å²) in [6, 6.07) is 13.9. The Bertz CT molecular complexity index is 2430. The smallest absolute Gasteiger partial charge is 0.330 e. The molecule has 0 atom stereocenters. The zero-order valence-electron chi connectivity index (χ0n) is 30.5. The second-order valence-electron chi connectivity index (χ2n) is 15.2. The van der Waals surface area contributed by atoms with Crippen molar-refractivity contribution in [3.8, 4) is 28.3 Å². The molecule has 1 aliphatic heterocycles. The van der Waals surface area contributed by atoms with Crippen LogP contribution in [-0.4, -0.2) is 55.3 Å². The van der Waals surface area contributed by atoms with Crippen LogP contribution in [0.3, 0.4) is 0 Å². The largest absolute Gasteiger partial charge is 0.481 e. The third kappa shape index (κ3) is 5.79. The van der Waals surface area contributed by atoms with Crippen LogP contribution < -0.4 is 27.0 Å². The maximum atomic E-state index is 13.2. The van der Waals surface area contributed by atoms with Crippen LogP contribution in [0.1, 0.15) is 55.2 Å². The van der Waals surface area contributed by atoms with Crippen LogP contribution >= 0.6 is 11.6 Å². The third-order valence-electron chi connectivity index (χ3n) is 12.3. The normalized spacial score (nSPS) is 20.8. The Kier molecular flexibility index (Phi) is 8.65. The Hall–Kier alpha value is -5.07. The molecule has 2 bridgehead atoms. The van der Waals surface area contributed by atoms with Crippen molar-refractivity contribution in [1.29, 1.82) is 0 Å². The Labute approximate surface area is 312 Å². The number of rotatable bonds is 9. The molecule has 0 spiro atoms. The molecule has 3 aromatic heterocycles. The van der Waals surface area contributed by atoms with Crippen LogP contribution in [0.15, 0.2) is 58.3 Å². The van der Waals surface area contributed by atoms with Gasteiger partial charge in [0.25, 0.3) is 5.56 Å². The maximum absolute atomic E-state index is 13.2. The Balaban J connectivity index is 1.08. The van der Waals surface area contributed by atoms with E-state index in [9.17, 15) is 14.4 Å². The summed E-state index contributed by atoms with van der Waals surface area (Å²) in [5.41, 5.74) is 12.4. The van der Waals surface area contributed by atoms with Gasteiger partial charge in [-0.3, -0.25) is 23.6 Å². The van der Waals surface area contributed by atoms with Crippen molar-refractivity contribution in [3.63, 3.8) is 0 Å². The van der Waals surface area contributed by atoms with Gasteiger partial charge >= 0.3 is 5.69 Å². The monoisotopic (exact) mass is 734 g/mol. The van der Waals surface area contributed by atoms with E-state index in [-0.39, 0.29) is 27.9 Å². The summed E-state index contributed by atoms with van der Waals surface area (Å²) in [6.07, 6.45) is 8.33. The van der Waals surface area contributed by atoms with Crippen LogP contribution in [-0.2, 0) is 31.9 Å². The molecule has 2 saturated carbocycles. The fourth-order valence-electron chi connectivity index (χ4n) is 9.13. The van der Waals surface area contributed by atoms with Gasteiger partial charge in [-0.1, -0.05) is 41.9 Å². The van der Waals surface area contributed by atoms with Crippen LogP contribution in [0.5, 0.6) is 5.88 Å². The first-order valence-corrected chi connectivity index (χ1v) is 18.5. The van der Waals surface area contributed by atoms with Crippen LogP contribution in [0.25, 0.3) is 33.3 Å². The first-order chi connectivity index (χ1) is 25.4. The molecule has 2 fully saturated rings. The van der Waals surface area contributed by atoms with E-state index in [0.717, 1.165) is 103 Å². The van der Waals surface area contributed by atoms with E-state index < -0.39 is 11.2 Å². The van der Waals surface area contributed by atoms with Gasteiger partial charge in [0.15, 0.2) is 5.82 Å². The SMILES string of the molecule is COc1nc(-c2cccc(-c3cccc(Nc4nncc5c4c(=O)n(C)c(=O)n5C)c3C)c2Cl)cc2c1CCN(CCC13CCC(C(N)=O)(CC1)C3)C2. The highest BCUT2D eigenvalue weighted by molar-refractivity contribution is 6.36. The zero-order valence-corrected chi connectivity index (χ0v) is 31.2. The summed E-state index contributed by atoms with van der Waals surface area (Å²) in [4.78, 5) is 45.5. The van der Waals surface area contributed by atoms with E-state index in [2.05, 4.69) is 26.5 Å². The Morgan fingerprint density at radius 2 is 1.77 bits per heavy atom. The molecule has 12 nitrogen and oxygen atoms in total. The zero-order chi connectivity index (χ0) is 37.2. The van der Waals surface area contributed by atoms with Gasteiger partial charge in [0.05, 0.1) is 29.5 Å². The topological polar surface area (TPSA) is 150 Å². The average Bonchev–Trinajstić information content (AvgIpc) is 3.74. The summed E-state index contributed by atoms with van der Waals surface area (Å²) in [5, 5.41) is 12.4. The lowest BCUT2D eigenvalue weighted by Gasteiger charge is -2.33. The number of benzene rings is 2. The number of halogens is 1. The number of carbonyl (C=O) groups excluding carboxylic acids is 1. The first kappa shape index (κ1) is 35.0. The first-order valence-electron chi connectivity index (χ1n) is 18.1. The number of methoxy groups -OCH3 is 1. The van der Waals surface area contributed by atoms with Crippen LogP contribution in [0.4, 0.5) is 11.5 Å². The summed E-state index contributed by atoms with van der Waals surface area (Å²) in [5.74, 6) is 0.762. The number of nitrogens with zero attached hydrogens (tertiary/aromatic N) is 6. The van der Waals surface area contributed by atoms with E-state index in [1.54, 1.807) is 14.2 Å². The molecule has 0 saturated heterocycles. The van der Waals surface area contributed by atoms with Gasteiger partial charge in [-0.05, 0) is 92.7 Å². The number of aryl methyl sites for hydroxylation is 1. The van der Waals surface area contributed by atoms with Crippen molar-refractivity contribution in [1.82, 2.24) is 29.2 Å². The van der Waals surface area contributed by atoms with Gasteiger partial charge in [0.1, 0.15) is 5.39 Å². The molecule has 13 heteroatoms. The number of aromatic nitrogens is 5. The molecule has 2 aliphatic carbocycles. The number of nitrogens with one attached hydrogen (secondary N) is 1. The number of amides is 1. The van der Waals surface area contributed by atoms with Crippen molar-refractivity contribution < 1.29 is 9.53 Å². The molecule has 53 heavy (non-hydrogen) atoms. The van der Waals surface area contributed by atoms with Crippen molar-refractivity contribution >= 4 is 39.9 Å². The molecule has 0 radical (unpaired) electrons. The number of carbonyl (C=O) groups is 1. The van der Waals surface area contributed by atoms with E-state index in [0.29, 0.717) is 22.1 Å². The number of hydrogen-bond donors (Lipinski definition) is 2. The number of ether oxygens (including phenoxy) is 1. The van der Waals surface area contributed by atoms with Crippen molar-refractivity contribution in [3.05, 3.63) is 91.2 Å². The fraction of sp³-hybridized carbons (Fsp3) is 0.400. The van der Waals surface area contributed by atoms with Gasteiger partial charge in [0, 0.05) is 55.0 Å². The van der Waals surface area contributed by atoms with Gasteiger partial charge in [-0.2, -0.15) is 5.10 Å². The summed E-state index contributed by atoms with van der Waals surface area (Å²) in [6.45, 7) is 4.67. The lowest BCUT2D eigenvalue weighted by molar-refractivity contribution is -0.127. The highest BCUT2D eigenvalue weighted by atomic mass is 35.5. The highest BCUT2D eigenvalue weighted by Crippen LogP contribution is 2.63. The minimum absolute atomic E-state index is 0.114. The molecule has 274 valence electrons. The number of primary amides is 1. The van der Waals surface area contributed by atoms with Crippen molar-refractivity contribution in [2.45, 2.75) is 58.4 Å². The Morgan fingerprint density at radius 1 is 1.04 bits per heavy atom. The molecular formula is C40H43ClN8O4. The molecule has 0 unspecified atom stereocenters. The predicted molar refractivity (Wildman–Crippen MR) is 205 cm³/mol. The van der Waals surface area contributed by atoms with Gasteiger partial charge in [-0.25, -0.2) is 9.78 Å². The lowest BCUT2D eigenvalue weighted by atomic mass is 9.80. The van der Waals surface area contributed by atoms with Gasteiger partial charge in [-0.15, -0.1) is 5.10 Å². The standard InChI is InChI=1S/C40H43ClN8O4/c1-23-25(7-6-10-29(23)44-34-32-31(20-43-46-34)47(2)38(52)48(3)36(32)50)27-8-5-9-28(33(27)41)30-19-24-21-49(17-11-26(24)35(45-30)53-4)18-16-39-12-14-40(22-39,15-13-39)37(42)51/h5-10,19-20H,11-18,21-22H2,1-4H3,(H2,42,51)(H,44,46). The maximum Gasteiger partial charge on any atom is 0.330 e. The number of hydrogen-bond acceptors (Lipinski definition) is 9. The Morgan fingerprint density at radius 3 is 2.51 bits per heavy atom. The number of nitrogens with two attached hydrogens (primary N) is 1. The molecule has 5 aromatic rings. The number of anilines is 2. The van der Waals surface area contributed by atoms with Crippen LogP contribution in [0.2, 0.25) is 5.02 Å². The van der Waals surface area contributed by atoms with Gasteiger partial charge in [0.2, 0.25) is 11.8 Å². The summed E-state index contributed by atoms with van der Waals surface area (Å²) < 4.78 is 8.30. The second-order valence-corrected chi connectivity index (χ2v) is 15.6. The van der Waals surface area contributed by atoms with E-state index >= 15 is 0 Å². The molecular weight excluding hydrogens is 692 g/mol. The fourth-order valence-corrected chi connectivity index (χ4v) is 9.46. The van der Waals surface area contributed by atoms with E-state index in [1.807, 2.05) is 43.3 Å². The average molecular weight is 735 g/mol. The van der Waals surface area contributed by atoms with Crippen LogP contribution in [0, 0.1) is 17.8 Å². The minimum atomic E-state index is -0.459. The minimum Gasteiger partial charge on any atom is -0.481 e. The molecule has 8 rings (SSSR count). The quantitative estimate of drug-likeness (QED) is 0.196. The van der Waals surface area contributed by atoms with E-state index in [1.165, 1.54) is 23.4 Å². The van der Waals surface area contributed by atoms with Crippen molar-refractivity contribution in [2.24, 2.45) is 30.7 Å². The van der Waals surface area contributed by atoms with Crippen molar-refractivity contribution in [2.75, 3.05) is 25.5 Å². The second kappa shape index (κ2) is 13.1. The summed E-state index contributed by atoms with van der Waals surface area (Å²) in [7, 11) is 4.71.